The fourth-order valence-corrected chi connectivity index (χ4v) is 1.72. The van der Waals surface area contributed by atoms with E-state index >= 15 is 0 Å². The van der Waals surface area contributed by atoms with Gasteiger partial charge in [-0.3, -0.25) is 9.59 Å². The minimum absolute atomic E-state index is 0.0724. The first kappa shape index (κ1) is 14.0. The van der Waals surface area contributed by atoms with Crippen LogP contribution in [0.3, 0.4) is 0 Å². The number of rotatable bonds is 4. The van der Waals surface area contributed by atoms with Crippen LogP contribution in [0, 0.1) is 0 Å². The van der Waals surface area contributed by atoms with E-state index in [2.05, 4.69) is 5.32 Å². The van der Waals surface area contributed by atoms with Crippen LogP contribution in [0.25, 0.3) is 0 Å². The maximum Gasteiger partial charge on any atom is 0.253 e. The number of carbonyl (C=O) groups is 2. The van der Waals surface area contributed by atoms with Gasteiger partial charge in [-0.15, -0.1) is 0 Å². The van der Waals surface area contributed by atoms with E-state index in [9.17, 15) is 9.59 Å². The summed E-state index contributed by atoms with van der Waals surface area (Å²) in [7, 11) is 1.67. The van der Waals surface area contributed by atoms with Crippen molar-refractivity contribution < 1.29 is 19.1 Å². The summed E-state index contributed by atoms with van der Waals surface area (Å²) in [6.45, 7) is 2.48. The van der Waals surface area contributed by atoms with Crippen LogP contribution >= 0.6 is 0 Å². The fraction of sp³-hybridized carbons (Fsp3) is 0.385. The van der Waals surface area contributed by atoms with Gasteiger partial charge in [0.15, 0.2) is 11.5 Å². The average molecular weight is 279 g/mol. The quantitative estimate of drug-likeness (QED) is 0.768. The van der Waals surface area contributed by atoms with E-state index in [1.54, 1.807) is 7.05 Å². The summed E-state index contributed by atoms with van der Waals surface area (Å²) in [5.41, 5.74) is 6.34. The molecule has 2 amide bonds. The normalized spacial score (nSPS) is 12.1. The van der Waals surface area contributed by atoms with Crippen LogP contribution in [0.15, 0.2) is 12.1 Å². The first-order valence-corrected chi connectivity index (χ1v) is 6.24. The molecule has 7 nitrogen and oxygen atoms in total. The van der Waals surface area contributed by atoms with E-state index in [-0.39, 0.29) is 30.5 Å². The lowest BCUT2D eigenvalue weighted by Gasteiger charge is -2.15. The van der Waals surface area contributed by atoms with Crippen molar-refractivity contribution in [2.45, 2.75) is 6.92 Å². The van der Waals surface area contributed by atoms with Gasteiger partial charge in [0.1, 0.15) is 0 Å². The maximum absolute atomic E-state index is 12.0. The molecule has 0 bridgehead atoms. The van der Waals surface area contributed by atoms with E-state index < -0.39 is 5.91 Å². The Balaban J connectivity index is 2.05. The van der Waals surface area contributed by atoms with Crippen LogP contribution in [-0.2, 0) is 4.79 Å². The van der Waals surface area contributed by atoms with Crippen LogP contribution in [-0.4, -0.2) is 43.6 Å². The molecule has 0 spiro atoms. The summed E-state index contributed by atoms with van der Waals surface area (Å²) in [5.74, 6) is 0.404. The number of fused-ring (bicyclic) bond motifs is 1. The second kappa shape index (κ2) is 5.68. The van der Waals surface area contributed by atoms with Gasteiger partial charge >= 0.3 is 0 Å². The zero-order valence-electron chi connectivity index (χ0n) is 11.4. The van der Waals surface area contributed by atoms with Crippen LogP contribution in [0.1, 0.15) is 17.3 Å². The van der Waals surface area contributed by atoms with Crippen molar-refractivity contribution in [1.82, 2.24) is 10.2 Å². The Morgan fingerprint density at radius 3 is 2.65 bits per heavy atom. The zero-order valence-corrected chi connectivity index (χ0v) is 11.4. The number of ether oxygens (including phenoxy) is 2. The molecule has 1 aromatic rings. The lowest BCUT2D eigenvalue weighted by molar-refractivity contribution is -0.128. The minimum atomic E-state index is -0.418. The summed E-state index contributed by atoms with van der Waals surface area (Å²) >= 11 is 0. The van der Waals surface area contributed by atoms with Crippen molar-refractivity contribution in [1.29, 1.82) is 0 Å². The Bertz CT molecular complexity index is 545. The monoisotopic (exact) mass is 279 g/mol. The molecule has 2 rings (SSSR count). The first-order chi connectivity index (χ1) is 9.52. The molecule has 0 unspecified atom stereocenters. The molecule has 1 aliphatic rings. The molecular weight excluding hydrogens is 262 g/mol. The molecule has 7 heteroatoms. The fourth-order valence-electron chi connectivity index (χ4n) is 1.72. The summed E-state index contributed by atoms with van der Waals surface area (Å²) in [6, 6.07) is 3.05. The molecule has 0 saturated carbocycles. The average Bonchev–Trinajstić information content (AvgIpc) is 2.89. The van der Waals surface area contributed by atoms with Gasteiger partial charge in [-0.2, -0.15) is 0 Å². The van der Waals surface area contributed by atoms with E-state index in [4.69, 9.17) is 15.2 Å². The van der Waals surface area contributed by atoms with Crippen LogP contribution in [0.4, 0.5) is 5.69 Å². The van der Waals surface area contributed by atoms with Crippen molar-refractivity contribution >= 4 is 17.5 Å². The molecule has 3 N–H and O–H groups in total. The Kier molecular flexibility index (Phi) is 3.97. The van der Waals surface area contributed by atoms with Crippen LogP contribution in [0.5, 0.6) is 11.5 Å². The molecule has 0 fully saturated rings. The Labute approximate surface area is 116 Å². The number of amides is 2. The number of hydrogen-bond donors (Lipinski definition) is 2. The topological polar surface area (TPSA) is 93.9 Å². The number of anilines is 1. The second-order valence-corrected chi connectivity index (χ2v) is 4.38. The van der Waals surface area contributed by atoms with E-state index in [1.165, 1.54) is 17.0 Å². The molecule has 1 aliphatic heterocycles. The molecule has 0 aromatic heterocycles. The summed E-state index contributed by atoms with van der Waals surface area (Å²) in [5, 5.41) is 2.54. The lowest BCUT2D eigenvalue weighted by atomic mass is 10.1. The predicted octanol–water partition coefficient (Wildman–Crippen LogP) is 0.206. The van der Waals surface area contributed by atoms with E-state index in [1.807, 2.05) is 6.92 Å². The number of carbonyl (C=O) groups excluding carboxylic acids is 2. The van der Waals surface area contributed by atoms with E-state index in [0.29, 0.717) is 18.0 Å². The molecular formula is C13H17N3O4. The molecule has 0 radical (unpaired) electrons. The maximum atomic E-state index is 12.0. The van der Waals surface area contributed by atoms with E-state index in [0.717, 1.165) is 0 Å². The highest BCUT2D eigenvalue weighted by Crippen LogP contribution is 2.35. The highest BCUT2D eigenvalue weighted by molar-refractivity contribution is 6.01. The van der Waals surface area contributed by atoms with Gasteiger partial charge in [0.05, 0.1) is 12.1 Å². The van der Waals surface area contributed by atoms with Gasteiger partial charge in [0.2, 0.25) is 12.7 Å². The summed E-state index contributed by atoms with van der Waals surface area (Å²) < 4.78 is 10.4. The zero-order chi connectivity index (χ0) is 14.7. The Morgan fingerprint density at radius 1 is 1.35 bits per heavy atom. The number of nitrogen functional groups attached to an aromatic ring is 1. The predicted molar refractivity (Wildman–Crippen MR) is 72.6 cm³/mol. The van der Waals surface area contributed by atoms with Crippen molar-refractivity contribution in [2.75, 3.05) is 32.7 Å². The van der Waals surface area contributed by atoms with Gasteiger partial charge in [-0.1, -0.05) is 0 Å². The molecule has 0 aliphatic carbocycles. The number of nitrogens with two attached hydrogens (primary N) is 1. The lowest BCUT2D eigenvalue weighted by Crippen LogP contribution is -2.38. The summed E-state index contributed by atoms with van der Waals surface area (Å²) in [4.78, 5) is 25.2. The third kappa shape index (κ3) is 2.76. The van der Waals surface area contributed by atoms with Crippen LogP contribution in [0.2, 0.25) is 0 Å². The number of benzene rings is 1. The van der Waals surface area contributed by atoms with Crippen molar-refractivity contribution in [3.8, 4) is 11.5 Å². The van der Waals surface area contributed by atoms with Crippen LogP contribution < -0.4 is 20.5 Å². The largest absolute Gasteiger partial charge is 0.454 e. The number of nitrogens with one attached hydrogen (secondary N) is 1. The molecule has 1 aromatic carbocycles. The number of nitrogens with zero attached hydrogens (tertiary/aromatic N) is 1. The third-order valence-electron chi connectivity index (χ3n) is 3.09. The van der Waals surface area contributed by atoms with Crippen molar-refractivity contribution in [3.63, 3.8) is 0 Å². The first-order valence-electron chi connectivity index (χ1n) is 6.24. The molecule has 20 heavy (non-hydrogen) atoms. The molecule has 1 heterocycles. The molecule has 0 saturated heterocycles. The highest BCUT2D eigenvalue weighted by atomic mass is 16.7. The van der Waals surface area contributed by atoms with Gasteiger partial charge in [0.25, 0.3) is 5.91 Å². The molecule has 108 valence electrons. The van der Waals surface area contributed by atoms with Gasteiger partial charge in [0, 0.05) is 25.3 Å². The minimum Gasteiger partial charge on any atom is -0.454 e. The summed E-state index contributed by atoms with van der Waals surface area (Å²) in [6.07, 6.45) is 0. The highest BCUT2D eigenvalue weighted by Gasteiger charge is 2.20. The van der Waals surface area contributed by atoms with Gasteiger partial charge in [-0.05, 0) is 13.0 Å². The number of hydrogen-bond acceptors (Lipinski definition) is 5. The smallest absolute Gasteiger partial charge is 0.253 e. The number of likely N-dealkylation sites (N-methyl/N-ethyl adjacent to an activating group) is 1. The van der Waals surface area contributed by atoms with Gasteiger partial charge < -0.3 is 25.4 Å². The molecule has 0 atom stereocenters. The Morgan fingerprint density at radius 2 is 2.00 bits per heavy atom. The van der Waals surface area contributed by atoms with Gasteiger partial charge in [-0.25, -0.2) is 0 Å². The van der Waals surface area contributed by atoms with Crippen molar-refractivity contribution in [3.05, 3.63) is 17.7 Å². The standard InChI is InChI=1S/C13H17N3O4/c1-3-16(2)12(17)6-15-13(18)8-4-10-11(5-9(8)14)20-7-19-10/h4-5H,3,6-7,14H2,1-2H3,(H,15,18). The Hall–Kier alpha value is -2.44. The second-order valence-electron chi connectivity index (χ2n) is 4.38. The SMILES string of the molecule is CCN(C)C(=O)CNC(=O)c1cc2c(cc1N)OCO2. The third-order valence-corrected chi connectivity index (χ3v) is 3.09. The van der Waals surface area contributed by atoms with Crippen molar-refractivity contribution in [2.24, 2.45) is 0 Å².